The Morgan fingerprint density at radius 3 is 2.21 bits per heavy atom. The zero-order valence-corrected chi connectivity index (χ0v) is 22.5. The van der Waals surface area contributed by atoms with Gasteiger partial charge in [0.05, 0.1) is 44.9 Å². The van der Waals surface area contributed by atoms with Crippen molar-refractivity contribution in [2.45, 2.75) is 39.5 Å². The molecule has 1 heterocycles. The van der Waals surface area contributed by atoms with Crippen molar-refractivity contribution in [3.8, 4) is 5.75 Å². The lowest BCUT2D eigenvalue weighted by atomic mass is 9.79. The van der Waals surface area contributed by atoms with E-state index in [4.69, 9.17) is 9.47 Å². The molecule has 8 heteroatoms. The molecule has 0 fully saturated rings. The number of carbonyl (C=O) groups excluding carboxylic acids is 2. The van der Waals surface area contributed by atoms with Crippen LogP contribution in [0.25, 0.3) is 5.70 Å². The Balaban J connectivity index is 2.28. The summed E-state index contributed by atoms with van der Waals surface area (Å²) in [5.41, 5.74) is 3.17. The van der Waals surface area contributed by atoms with E-state index in [-0.39, 0.29) is 19.0 Å². The van der Waals surface area contributed by atoms with E-state index in [9.17, 15) is 14.7 Å². The van der Waals surface area contributed by atoms with Crippen LogP contribution in [0.3, 0.4) is 0 Å². The minimum atomic E-state index is -0.780. The Morgan fingerprint density at radius 2 is 1.62 bits per heavy atom. The Labute approximate surface area is 216 Å². The molecule has 1 aliphatic heterocycles. The summed E-state index contributed by atoms with van der Waals surface area (Å²) in [7, 11) is 0. The molecule has 0 saturated heterocycles. The topological polar surface area (TPSA) is 84.9 Å². The van der Waals surface area contributed by atoms with E-state index in [2.05, 4.69) is 37.2 Å². The number of hydrogen-bond donors (Lipinski definition) is 2. The third kappa shape index (κ3) is 5.55. The zero-order valence-electron chi connectivity index (χ0n) is 19.3. The maximum atomic E-state index is 13.4. The summed E-state index contributed by atoms with van der Waals surface area (Å²) in [4.78, 5) is 26.7. The number of unbranched alkanes of at least 4 members (excludes halogenated alkanes) is 1. The molecule has 2 aromatic rings. The first-order valence-electron chi connectivity index (χ1n) is 11.1. The first-order chi connectivity index (χ1) is 16.3. The molecule has 1 unspecified atom stereocenters. The lowest BCUT2D eigenvalue weighted by Crippen LogP contribution is -2.33. The molecule has 3 rings (SSSR count). The zero-order chi connectivity index (χ0) is 24.8. The molecule has 0 saturated carbocycles. The number of phenols is 1. The van der Waals surface area contributed by atoms with Gasteiger partial charge in [-0.3, -0.25) is 0 Å². The highest BCUT2D eigenvalue weighted by atomic mass is 79.9. The van der Waals surface area contributed by atoms with Crippen molar-refractivity contribution in [2.75, 3.05) is 13.2 Å². The van der Waals surface area contributed by atoms with Crippen molar-refractivity contribution in [1.29, 1.82) is 0 Å². The number of carbonyl (C=O) groups is 2. The van der Waals surface area contributed by atoms with Crippen LogP contribution in [-0.4, -0.2) is 30.3 Å². The monoisotopic (exact) mass is 591 g/mol. The highest BCUT2D eigenvalue weighted by molar-refractivity contribution is 9.11. The number of aromatic hydroxyl groups is 1. The fraction of sp³-hybridized carbons (Fsp3) is 0.308. The summed E-state index contributed by atoms with van der Waals surface area (Å²) < 4.78 is 11.9. The van der Waals surface area contributed by atoms with E-state index >= 15 is 0 Å². The number of halogens is 2. The molecule has 1 atom stereocenters. The molecule has 180 valence electrons. The van der Waals surface area contributed by atoms with Crippen LogP contribution in [0.15, 0.2) is 68.3 Å². The minimum absolute atomic E-state index is 0.0235. The van der Waals surface area contributed by atoms with Gasteiger partial charge in [-0.15, -0.1) is 0 Å². The second-order valence-electron chi connectivity index (χ2n) is 7.79. The molecule has 0 spiro atoms. The highest BCUT2D eigenvalue weighted by Gasteiger charge is 2.39. The van der Waals surface area contributed by atoms with E-state index in [1.807, 2.05) is 37.3 Å². The van der Waals surface area contributed by atoms with Gasteiger partial charge in [-0.05, 0) is 75.4 Å². The van der Waals surface area contributed by atoms with Crippen molar-refractivity contribution in [2.24, 2.45) is 0 Å². The van der Waals surface area contributed by atoms with Gasteiger partial charge in [0.15, 0.2) is 0 Å². The van der Waals surface area contributed by atoms with Gasteiger partial charge in [-0.25, -0.2) is 9.59 Å². The van der Waals surface area contributed by atoms with E-state index in [1.165, 1.54) is 0 Å². The molecule has 6 nitrogen and oxygen atoms in total. The average Bonchev–Trinajstić information content (AvgIpc) is 2.82. The number of allylic oxidation sites excluding steroid dienone is 1. The predicted molar refractivity (Wildman–Crippen MR) is 138 cm³/mol. The molecule has 34 heavy (non-hydrogen) atoms. The Kier molecular flexibility index (Phi) is 8.97. The van der Waals surface area contributed by atoms with E-state index in [0.717, 1.165) is 18.4 Å². The summed E-state index contributed by atoms with van der Waals surface area (Å²) in [5.74, 6) is -1.79. The van der Waals surface area contributed by atoms with Gasteiger partial charge in [0.25, 0.3) is 0 Å². The number of benzene rings is 2. The number of rotatable bonds is 8. The quantitative estimate of drug-likeness (QED) is 0.281. The standard InChI is InChI=1S/C26H27Br2NO5/c1-4-6-12-34-25(31)20-15(3)29-23(16-10-8-7-9-11-16)22(26(32)33-5-2)21(20)17-13-18(27)24(30)19(28)14-17/h7-11,13-14,21,29-30H,4-6,12H2,1-3H3. The number of ether oxygens (including phenoxy) is 2. The average molecular weight is 593 g/mol. The number of esters is 2. The third-order valence-corrected chi connectivity index (χ3v) is 6.65. The first-order valence-corrected chi connectivity index (χ1v) is 12.7. The summed E-state index contributed by atoms with van der Waals surface area (Å²) in [5, 5.41) is 13.5. The molecular formula is C26H27Br2NO5. The normalized spacial score (nSPS) is 15.7. The van der Waals surface area contributed by atoms with Crippen LogP contribution in [0, 0.1) is 0 Å². The van der Waals surface area contributed by atoms with Crippen LogP contribution in [0.5, 0.6) is 5.75 Å². The Bertz CT molecular complexity index is 1120. The highest BCUT2D eigenvalue weighted by Crippen LogP contribution is 2.45. The molecule has 0 amide bonds. The molecule has 0 radical (unpaired) electrons. The first kappa shape index (κ1) is 26.0. The minimum Gasteiger partial charge on any atom is -0.506 e. The van der Waals surface area contributed by atoms with E-state index < -0.39 is 17.9 Å². The maximum absolute atomic E-state index is 13.4. The maximum Gasteiger partial charge on any atom is 0.337 e. The fourth-order valence-corrected chi connectivity index (χ4v) is 5.05. The van der Waals surface area contributed by atoms with Crippen LogP contribution in [0.1, 0.15) is 50.7 Å². The lowest BCUT2D eigenvalue weighted by molar-refractivity contribution is -0.139. The molecule has 0 aromatic heterocycles. The van der Waals surface area contributed by atoms with Crippen LogP contribution < -0.4 is 5.32 Å². The summed E-state index contributed by atoms with van der Waals surface area (Å²) in [6.45, 7) is 6.01. The van der Waals surface area contributed by atoms with Gasteiger partial charge >= 0.3 is 11.9 Å². The summed E-state index contributed by atoms with van der Waals surface area (Å²) in [6, 6.07) is 12.8. The molecule has 2 aromatic carbocycles. The lowest BCUT2D eigenvalue weighted by Gasteiger charge is -2.32. The second-order valence-corrected chi connectivity index (χ2v) is 9.50. The molecule has 0 bridgehead atoms. The predicted octanol–water partition coefficient (Wildman–Crippen LogP) is 6.20. The third-order valence-electron chi connectivity index (χ3n) is 5.44. The SMILES string of the molecule is CCCCOC(=O)C1=C(C)NC(c2ccccc2)=C(C(=O)OCC)C1c1cc(Br)c(O)c(Br)c1. The van der Waals surface area contributed by atoms with Crippen molar-refractivity contribution in [1.82, 2.24) is 5.32 Å². The molecule has 1 aliphatic rings. The largest absolute Gasteiger partial charge is 0.506 e. The van der Waals surface area contributed by atoms with Crippen LogP contribution in [0.2, 0.25) is 0 Å². The van der Waals surface area contributed by atoms with Crippen LogP contribution >= 0.6 is 31.9 Å². The number of hydrogen-bond acceptors (Lipinski definition) is 6. The number of phenolic OH excluding ortho intramolecular Hbond substituents is 1. The van der Waals surface area contributed by atoms with Crippen molar-refractivity contribution in [3.63, 3.8) is 0 Å². The Morgan fingerprint density at radius 1 is 1.00 bits per heavy atom. The van der Waals surface area contributed by atoms with E-state index in [0.29, 0.717) is 37.0 Å². The van der Waals surface area contributed by atoms with Gasteiger partial charge in [0, 0.05) is 5.70 Å². The van der Waals surface area contributed by atoms with Gasteiger partial charge in [0.2, 0.25) is 0 Å². The summed E-state index contributed by atoms with van der Waals surface area (Å²) in [6.07, 6.45) is 1.62. The smallest absolute Gasteiger partial charge is 0.337 e. The molecule has 0 aliphatic carbocycles. The number of dihydropyridines is 1. The fourth-order valence-electron chi connectivity index (χ4n) is 3.83. The van der Waals surface area contributed by atoms with E-state index in [1.54, 1.807) is 26.0 Å². The van der Waals surface area contributed by atoms with Crippen LogP contribution in [-0.2, 0) is 19.1 Å². The molecular weight excluding hydrogens is 566 g/mol. The second kappa shape index (κ2) is 11.7. The Hall–Kier alpha value is -2.58. The summed E-state index contributed by atoms with van der Waals surface area (Å²) >= 11 is 6.75. The van der Waals surface area contributed by atoms with Gasteiger partial charge in [-0.2, -0.15) is 0 Å². The van der Waals surface area contributed by atoms with Gasteiger partial charge < -0.3 is 19.9 Å². The van der Waals surface area contributed by atoms with Gasteiger partial charge in [0.1, 0.15) is 5.75 Å². The van der Waals surface area contributed by atoms with Crippen molar-refractivity contribution < 1.29 is 24.2 Å². The number of nitrogens with one attached hydrogen (secondary N) is 1. The molecule has 2 N–H and O–H groups in total. The van der Waals surface area contributed by atoms with Gasteiger partial charge in [-0.1, -0.05) is 43.7 Å². The van der Waals surface area contributed by atoms with Crippen molar-refractivity contribution in [3.05, 3.63) is 79.4 Å². The van der Waals surface area contributed by atoms with Crippen LogP contribution in [0.4, 0.5) is 0 Å². The van der Waals surface area contributed by atoms with Crippen molar-refractivity contribution >= 4 is 49.5 Å².